The highest BCUT2D eigenvalue weighted by molar-refractivity contribution is 6.07. The number of pyridine rings is 1. The molecule has 3 rings (SSSR count). The number of anilines is 2. The lowest BCUT2D eigenvalue weighted by atomic mass is 10.1. The second kappa shape index (κ2) is 5.44. The number of benzene rings is 2. The van der Waals surface area contributed by atoms with Gasteiger partial charge >= 0.3 is 0 Å². The number of fused-ring (bicyclic) bond motifs is 2. The first kappa shape index (κ1) is 14.0. The minimum atomic E-state index is -0.149. The van der Waals surface area contributed by atoms with Crippen LogP contribution in [0.4, 0.5) is 11.4 Å². The highest BCUT2D eigenvalue weighted by Crippen LogP contribution is 2.29. The summed E-state index contributed by atoms with van der Waals surface area (Å²) in [6, 6.07) is 13.2. The lowest BCUT2D eigenvalue weighted by Crippen LogP contribution is -2.08. The van der Waals surface area contributed by atoms with Gasteiger partial charge in [0, 0.05) is 24.6 Å². The number of para-hydroxylation sites is 2. The van der Waals surface area contributed by atoms with Gasteiger partial charge in [0.2, 0.25) is 11.8 Å². The predicted octanol–water partition coefficient (Wildman–Crippen LogP) is 3.30. The van der Waals surface area contributed by atoms with Crippen molar-refractivity contribution in [3.8, 4) is 0 Å². The quantitative estimate of drug-likeness (QED) is 0.712. The van der Waals surface area contributed by atoms with Crippen LogP contribution >= 0.6 is 0 Å². The van der Waals surface area contributed by atoms with E-state index in [2.05, 4.69) is 15.6 Å². The number of amides is 2. The van der Waals surface area contributed by atoms with Gasteiger partial charge in [-0.05, 0) is 18.2 Å². The van der Waals surface area contributed by atoms with E-state index in [1.807, 2.05) is 42.5 Å². The number of hydrogen-bond acceptors (Lipinski definition) is 3. The van der Waals surface area contributed by atoms with Crippen LogP contribution in [0.3, 0.4) is 0 Å². The largest absolute Gasteiger partial charge is 0.324 e. The molecule has 0 aliphatic carbocycles. The summed E-state index contributed by atoms with van der Waals surface area (Å²) in [5.74, 6) is -0.297. The van der Waals surface area contributed by atoms with E-state index >= 15 is 0 Å². The van der Waals surface area contributed by atoms with Crippen LogP contribution in [0, 0.1) is 0 Å². The number of hydrogen-bond donors (Lipinski definition) is 2. The van der Waals surface area contributed by atoms with Crippen molar-refractivity contribution in [3.63, 3.8) is 0 Å². The highest BCUT2D eigenvalue weighted by Gasteiger charge is 2.09. The molecule has 2 amide bonds. The third-order valence-electron chi connectivity index (χ3n) is 3.29. The molecule has 0 aliphatic heterocycles. The Labute approximate surface area is 127 Å². The Morgan fingerprint density at radius 2 is 1.27 bits per heavy atom. The van der Waals surface area contributed by atoms with Crippen molar-refractivity contribution >= 4 is 45.0 Å². The Balaban J connectivity index is 2.28. The summed E-state index contributed by atoms with van der Waals surface area (Å²) >= 11 is 0. The minimum absolute atomic E-state index is 0.149. The lowest BCUT2D eigenvalue weighted by molar-refractivity contribution is -0.115. The molecular weight excluding hydrogens is 278 g/mol. The zero-order chi connectivity index (χ0) is 15.7. The van der Waals surface area contributed by atoms with E-state index in [1.165, 1.54) is 13.8 Å². The molecule has 0 atom stereocenters. The maximum atomic E-state index is 11.3. The van der Waals surface area contributed by atoms with Crippen molar-refractivity contribution in [2.45, 2.75) is 13.8 Å². The summed E-state index contributed by atoms with van der Waals surface area (Å²) in [6.45, 7) is 2.92. The zero-order valence-corrected chi connectivity index (χ0v) is 12.3. The van der Waals surface area contributed by atoms with Crippen LogP contribution in [0.2, 0.25) is 0 Å². The molecule has 0 saturated carbocycles. The Morgan fingerprint density at radius 1 is 0.818 bits per heavy atom. The van der Waals surface area contributed by atoms with E-state index in [0.717, 1.165) is 10.8 Å². The fraction of sp³-hybridized carbons (Fsp3) is 0.118. The van der Waals surface area contributed by atoms with Crippen LogP contribution < -0.4 is 10.6 Å². The van der Waals surface area contributed by atoms with Gasteiger partial charge in [0.25, 0.3) is 0 Å². The Hall–Kier alpha value is -2.95. The summed E-state index contributed by atoms with van der Waals surface area (Å²) in [4.78, 5) is 27.3. The van der Waals surface area contributed by atoms with Crippen molar-refractivity contribution in [3.05, 3.63) is 42.5 Å². The van der Waals surface area contributed by atoms with Crippen LogP contribution in [-0.4, -0.2) is 16.8 Å². The van der Waals surface area contributed by atoms with Crippen LogP contribution in [-0.2, 0) is 9.59 Å². The Kier molecular flexibility index (Phi) is 3.47. The van der Waals surface area contributed by atoms with Crippen molar-refractivity contribution in [2.24, 2.45) is 0 Å². The smallest absolute Gasteiger partial charge is 0.221 e. The number of nitrogens with one attached hydrogen (secondary N) is 2. The third-order valence-corrected chi connectivity index (χ3v) is 3.29. The standard InChI is InChI=1S/C17H15N3O2/c1-10(21)18-14-7-3-5-12-9-13-6-4-8-15(19-11(2)22)17(13)20-16(12)14/h3-9H,1-2H3,(H,18,21)(H,19,22). The van der Waals surface area contributed by atoms with Crippen LogP contribution in [0.1, 0.15) is 13.8 Å². The van der Waals surface area contributed by atoms with E-state index in [1.54, 1.807) is 0 Å². The van der Waals surface area contributed by atoms with Gasteiger partial charge in [-0.15, -0.1) is 0 Å². The molecule has 0 aliphatic rings. The Morgan fingerprint density at radius 3 is 1.68 bits per heavy atom. The zero-order valence-electron chi connectivity index (χ0n) is 12.3. The molecule has 0 radical (unpaired) electrons. The average Bonchev–Trinajstić information content (AvgIpc) is 2.45. The number of carbonyl (C=O) groups is 2. The van der Waals surface area contributed by atoms with E-state index in [-0.39, 0.29) is 11.8 Å². The van der Waals surface area contributed by atoms with E-state index in [4.69, 9.17) is 0 Å². The SMILES string of the molecule is CC(=O)Nc1cccc2cc3cccc(NC(C)=O)c3nc12. The summed E-state index contributed by atoms with van der Waals surface area (Å²) < 4.78 is 0. The van der Waals surface area contributed by atoms with Gasteiger partial charge in [-0.1, -0.05) is 24.3 Å². The number of rotatable bonds is 2. The number of carbonyl (C=O) groups excluding carboxylic acids is 2. The average molecular weight is 293 g/mol. The molecule has 0 unspecified atom stereocenters. The molecule has 110 valence electrons. The normalized spacial score (nSPS) is 10.6. The molecule has 0 saturated heterocycles. The summed E-state index contributed by atoms with van der Waals surface area (Å²) in [5.41, 5.74) is 2.71. The van der Waals surface area contributed by atoms with Crippen molar-refractivity contribution in [1.29, 1.82) is 0 Å². The molecule has 3 aromatic rings. The van der Waals surface area contributed by atoms with E-state index in [9.17, 15) is 9.59 Å². The first-order valence-electron chi connectivity index (χ1n) is 6.92. The van der Waals surface area contributed by atoms with Gasteiger partial charge in [-0.25, -0.2) is 4.98 Å². The third kappa shape index (κ3) is 2.61. The summed E-state index contributed by atoms with van der Waals surface area (Å²) in [6.07, 6.45) is 0. The maximum Gasteiger partial charge on any atom is 0.221 e. The molecule has 1 aromatic heterocycles. The fourth-order valence-corrected chi connectivity index (χ4v) is 2.47. The molecule has 5 nitrogen and oxygen atoms in total. The molecular formula is C17H15N3O2. The molecule has 2 N–H and O–H groups in total. The molecule has 0 bridgehead atoms. The van der Waals surface area contributed by atoms with E-state index in [0.29, 0.717) is 22.4 Å². The molecule has 0 spiro atoms. The first-order chi connectivity index (χ1) is 10.5. The van der Waals surface area contributed by atoms with Crippen LogP contribution in [0.25, 0.3) is 21.8 Å². The van der Waals surface area contributed by atoms with Crippen LogP contribution in [0.5, 0.6) is 0 Å². The maximum absolute atomic E-state index is 11.3. The van der Waals surface area contributed by atoms with Gasteiger partial charge in [0.1, 0.15) is 0 Å². The minimum Gasteiger partial charge on any atom is -0.324 e. The molecule has 5 heteroatoms. The van der Waals surface area contributed by atoms with Gasteiger partial charge in [0.05, 0.1) is 22.4 Å². The summed E-state index contributed by atoms with van der Waals surface area (Å²) in [7, 11) is 0. The fourth-order valence-electron chi connectivity index (χ4n) is 2.47. The van der Waals surface area contributed by atoms with Crippen molar-refractivity contribution < 1.29 is 9.59 Å². The van der Waals surface area contributed by atoms with Crippen molar-refractivity contribution in [2.75, 3.05) is 10.6 Å². The lowest BCUT2D eigenvalue weighted by Gasteiger charge is -2.10. The molecule has 0 fully saturated rings. The van der Waals surface area contributed by atoms with Gasteiger partial charge in [0.15, 0.2) is 0 Å². The van der Waals surface area contributed by atoms with Gasteiger partial charge in [-0.3, -0.25) is 9.59 Å². The molecule has 22 heavy (non-hydrogen) atoms. The van der Waals surface area contributed by atoms with Crippen molar-refractivity contribution in [1.82, 2.24) is 4.98 Å². The summed E-state index contributed by atoms with van der Waals surface area (Å²) in [5, 5.41) is 7.43. The second-order valence-corrected chi connectivity index (χ2v) is 5.11. The van der Waals surface area contributed by atoms with Gasteiger partial charge in [-0.2, -0.15) is 0 Å². The number of aromatic nitrogens is 1. The van der Waals surface area contributed by atoms with Gasteiger partial charge < -0.3 is 10.6 Å². The monoisotopic (exact) mass is 293 g/mol. The topological polar surface area (TPSA) is 71.1 Å². The number of nitrogens with zero attached hydrogens (tertiary/aromatic N) is 1. The Bertz CT molecular complexity index is 832. The van der Waals surface area contributed by atoms with Crippen LogP contribution in [0.15, 0.2) is 42.5 Å². The highest BCUT2D eigenvalue weighted by atomic mass is 16.2. The predicted molar refractivity (Wildman–Crippen MR) is 87.9 cm³/mol. The molecule has 2 aromatic carbocycles. The second-order valence-electron chi connectivity index (χ2n) is 5.11. The first-order valence-corrected chi connectivity index (χ1v) is 6.92. The van der Waals surface area contributed by atoms with E-state index < -0.39 is 0 Å². The molecule has 1 heterocycles.